The maximum Gasteiger partial charge on any atom is 0.0332 e. The topological polar surface area (TPSA) is 29.3 Å². The average molecular weight is 252 g/mol. The zero-order chi connectivity index (χ0) is 13.0. The summed E-state index contributed by atoms with van der Waals surface area (Å²) in [6.45, 7) is 8.15. The van der Waals surface area contributed by atoms with Crippen LogP contribution in [0, 0.1) is 11.8 Å². The molecule has 0 spiro atoms. The standard InChI is InChI=1S/C16H32N2/c1-3-11-18(12-15-5-4-6-15)16(13-17)9-7-14(2)8-10-16/h14-15H,3-13,17H2,1-2H3. The lowest BCUT2D eigenvalue weighted by atomic mass is 9.74. The summed E-state index contributed by atoms with van der Waals surface area (Å²) < 4.78 is 0. The largest absolute Gasteiger partial charge is 0.329 e. The van der Waals surface area contributed by atoms with E-state index in [9.17, 15) is 0 Å². The van der Waals surface area contributed by atoms with Crippen molar-refractivity contribution >= 4 is 0 Å². The number of nitrogens with zero attached hydrogens (tertiary/aromatic N) is 1. The van der Waals surface area contributed by atoms with Gasteiger partial charge in [-0.15, -0.1) is 0 Å². The highest BCUT2D eigenvalue weighted by atomic mass is 15.2. The van der Waals surface area contributed by atoms with Crippen molar-refractivity contribution in [1.29, 1.82) is 0 Å². The second kappa shape index (κ2) is 6.38. The van der Waals surface area contributed by atoms with Crippen molar-refractivity contribution in [2.24, 2.45) is 17.6 Å². The average Bonchev–Trinajstić information content (AvgIpc) is 2.34. The lowest BCUT2D eigenvalue weighted by molar-refractivity contribution is 0.0206. The maximum atomic E-state index is 6.21. The zero-order valence-corrected chi connectivity index (χ0v) is 12.5. The predicted molar refractivity (Wildman–Crippen MR) is 78.6 cm³/mol. The van der Waals surface area contributed by atoms with Gasteiger partial charge in [-0.1, -0.05) is 20.3 Å². The summed E-state index contributed by atoms with van der Waals surface area (Å²) in [4.78, 5) is 2.78. The second-order valence-electron chi connectivity index (χ2n) is 6.85. The van der Waals surface area contributed by atoms with E-state index in [-0.39, 0.29) is 0 Å². The summed E-state index contributed by atoms with van der Waals surface area (Å²) in [7, 11) is 0. The molecule has 0 bridgehead atoms. The van der Waals surface area contributed by atoms with Gasteiger partial charge in [-0.2, -0.15) is 0 Å². The Labute approximate surface area is 113 Å². The van der Waals surface area contributed by atoms with E-state index in [1.54, 1.807) is 0 Å². The van der Waals surface area contributed by atoms with E-state index in [0.717, 1.165) is 18.4 Å². The summed E-state index contributed by atoms with van der Waals surface area (Å²) in [5, 5.41) is 0. The van der Waals surface area contributed by atoms with Crippen molar-refractivity contribution in [2.75, 3.05) is 19.6 Å². The van der Waals surface area contributed by atoms with E-state index in [1.807, 2.05) is 0 Å². The molecule has 2 aliphatic rings. The molecule has 2 saturated carbocycles. The maximum absolute atomic E-state index is 6.21. The fourth-order valence-corrected chi connectivity index (χ4v) is 3.73. The number of hydrogen-bond donors (Lipinski definition) is 1. The van der Waals surface area contributed by atoms with Gasteiger partial charge in [-0.05, 0) is 63.3 Å². The molecule has 0 radical (unpaired) electrons. The monoisotopic (exact) mass is 252 g/mol. The first-order valence-corrected chi connectivity index (χ1v) is 8.15. The Hall–Kier alpha value is -0.0800. The van der Waals surface area contributed by atoms with Gasteiger partial charge in [0.05, 0.1) is 0 Å². The fraction of sp³-hybridized carbons (Fsp3) is 1.00. The Morgan fingerprint density at radius 1 is 1.17 bits per heavy atom. The molecule has 0 aliphatic heterocycles. The van der Waals surface area contributed by atoms with E-state index in [1.165, 1.54) is 64.5 Å². The van der Waals surface area contributed by atoms with Crippen LogP contribution in [0.2, 0.25) is 0 Å². The molecule has 106 valence electrons. The van der Waals surface area contributed by atoms with Crippen molar-refractivity contribution in [2.45, 2.75) is 70.8 Å². The zero-order valence-electron chi connectivity index (χ0n) is 12.5. The van der Waals surface area contributed by atoms with Gasteiger partial charge in [0, 0.05) is 18.6 Å². The van der Waals surface area contributed by atoms with Crippen LogP contribution in [0.15, 0.2) is 0 Å². The van der Waals surface area contributed by atoms with Gasteiger partial charge in [0.2, 0.25) is 0 Å². The van der Waals surface area contributed by atoms with Crippen molar-refractivity contribution in [3.63, 3.8) is 0 Å². The van der Waals surface area contributed by atoms with Crippen LogP contribution in [0.3, 0.4) is 0 Å². The number of rotatable bonds is 6. The summed E-state index contributed by atoms with van der Waals surface area (Å²) in [5.41, 5.74) is 6.55. The Morgan fingerprint density at radius 3 is 2.28 bits per heavy atom. The van der Waals surface area contributed by atoms with Crippen molar-refractivity contribution in [3.05, 3.63) is 0 Å². The van der Waals surface area contributed by atoms with E-state index in [4.69, 9.17) is 5.73 Å². The van der Waals surface area contributed by atoms with E-state index >= 15 is 0 Å². The summed E-state index contributed by atoms with van der Waals surface area (Å²) in [6, 6.07) is 0. The Bertz CT molecular complexity index is 239. The van der Waals surface area contributed by atoms with Gasteiger partial charge in [0.1, 0.15) is 0 Å². The van der Waals surface area contributed by atoms with Crippen molar-refractivity contribution in [1.82, 2.24) is 4.90 Å². The number of hydrogen-bond acceptors (Lipinski definition) is 2. The van der Waals surface area contributed by atoms with Gasteiger partial charge in [0.15, 0.2) is 0 Å². The molecule has 2 aliphatic carbocycles. The fourth-order valence-electron chi connectivity index (χ4n) is 3.73. The lowest BCUT2D eigenvalue weighted by Gasteiger charge is -2.49. The molecule has 0 aromatic rings. The first-order chi connectivity index (χ1) is 8.70. The molecule has 0 aromatic carbocycles. The Kier molecular flexibility index (Phi) is 5.08. The highest BCUT2D eigenvalue weighted by Crippen LogP contribution is 2.38. The summed E-state index contributed by atoms with van der Waals surface area (Å²) >= 11 is 0. The molecule has 2 nitrogen and oxygen atoms in total. The van der Waals surface area contributed by atoms with Crippen molar-refractivity contribution < 1.29 is 0 Å². The SMILES string of the molecule is CCCN(CC1CCC1)C1(CN)CCC(C)CC1. The Morgan fingerprint density at radius 2 is 1.83 bits per heavy atom. The minimum Gasteiger partial charge on any atom is -0.329 e. The molecular weight excluding hydrogens is 220 g/mol. The van der Waals surface area contributed by atoms with Crippen LogP contribution in [-0.2, 0) is 0 Å². The highest BCUT2D eigenvalue weighted by Gasteiger charge is 2.39. The minimum absolute atomic E-state index is 0.345. The Balaban J connectivity index is 1.99. The molecule has 0 heterocycles. The molecule has 18 heavy (non-hydrogen) atoms. The third kappa shape index (κ3) is 3.08. The van der Waals surface area contributed by atoms with Crippen LogP contribution in [0.5, 0.6) is 0 Å². The molecule has 2 rings (SSSR count). The summed E-state index contributed by atoms with van der Waals surface area (Å²) in [5.74, 6) is 1.89. The van der Waals surface area contributed by atoms with E-state index < -0.39 is 0 Å². The van der Waals surface area contributed by atoms with Gasteiger partial charge >= 0.3 is 0 Å². The molecule has 2 heteroatoms. The molecule has 0 unspecified atom stereocenters. The van der Waals surface area contributed by atoms with Crippen LogP contribution in [0.1, 0.15) is 65.2 Å². The lowest BCUT2D eigenvalue weighted by Crippen LogP contribution is -2.57. The molecule has 0 saturated heterocycles. The molecular formula is C16H32N2. The van der Waals surface area contributed by atoms with Crippen molar-refractivity contribution in [3.8, 4) is 0 Å². The van der Waals surface area contributed by atoms with Crippen LogP contribution in [-0.4, -0.2) is 30.1 Å². The van der Waals surface area contributed by atoms with Crippen LogP contribution in [0.4, 0.5) is 0 Å². The molecule has 0 amide bonds. The smallest absolute Gasteiger partial charge is 0.0332 e. The van der Waals surface area contributed by atoms with Crippen LogP contribution in [0.25, 0.3) is 0 Å². The molecule has 0 aromatic heterocycles. The van der Waals surface area contributed by atoms with E-state index in [0.29, 0.717) is 5.54 Å². The molecule has 2 N–H and O–H groups in total. The second-order valence-corrected chi connectivity index (χ2v) is 6.85. The third-order valence-corrected chi connectivity index (χ3v) is 5.45. The third-order valence-electron chi connectivity index (χ3n) is 5.45. The van der Waals surface area contributed by atoms with Gasteiger partial charge in [0.25, 0.3) is 0 Å². The first-order valence-electron chi connectivity index (χ1n) is 8.15. The molecule has 0 atom stereocenters. The highest BCUT2D eigenvalue weighted by molar-refractivity contribution is 4.96. The van der Waals surface area contributed by atoms with Gasteiger partial charge in [-0.25, -0.2) is 0 Å². The van der Waals surface area contributed by atoms with Crippen LogP contribution >= 0.6 is 0 Å². The normalized spacial score (nSPS) is 33.7. The van der Waals surface area contributed by atoms with Crippen LogP contribution < -0.4 is 5.73 Å². The predicted octanol–water partition coefficient (Wildman–Crippen LogP) is 3.41. The van der Waals surface area contributed by atoms with Gasteiger partial charge in [-0.3, -0.25) is 4.90 Å². The van der Waals surface area contributed by atoms with Gasteiger partial charge < -0.3 is 5.73 Å². The minimum atomic E-state index is 0.345. The molecule has 2 fully saturated rings. The summed E-state index contributed by atoms with van der Waals surface area (Å²) in [6.07, 6.45) is 11.1. The number of nitrogens with two attached hydrogens (primary N) is 1. The first kappa shape index (κ1) is 14.3. The van der Waals surface area contributed by atoms with E-state index in [2.05, 4.69) is 18.7 Å². The quantitative estimate of drug-likeness (QED) is 0.785.